The molecular formula is C14H11ClF2N4O4S. The van der Waals surface area contributed by atoms with Crippen LogP contribution in [0.2, 0.25) is 5.15 Å². The van der Waals surface area contributed by atoms with Crippen LogP contribution in [0.3, 0.4) is 0 Å². The Bertz CT molecular complexity index is 1010. The number of nitrogens with zero attached hydrogens (tertiary/aromatic N) is 4. The van der Waals surface area contributed by atoms with Gasteiger partial charge in [0.1, 0.15) is 33.3 Å². The van der Waals surface area contributed by atoms with Crippen molar-refractivity contribution < 1.29 is 22.1 Å². The molecule has 0 fully saturated rings. The Morgan fingerprint density at radius 1 is 1.35 bits per heavy atom. The van der Waals surface area contributed by atoms with Crippen molar-refractivity contribution in [1.82, 2.24) is 9.97 Å². The summed E-state index contributed by atoms with van der Waals surface area (Å²) in [5, 5.41) is 8.86. The van der Waals surface area contributed by atoms with E-state index in [-0.39, 0.29) is 5.82 Å². The van der Waals surface area contributed by atoms with Crippen molar-refractivity contribution >= 4 is 33.3 Å². The molecule has 0 spiro atoms. The van der Waals surface area contributed by atoms with E-state index in [9.17, 15) is 27.3 Å². The Morgan fingerprint density at radius 3 is 2.58 bits per heavy atom. The Kier molecular flexibility index (Phi) is 5.62. The molecule has 0 saturated carbocycles. The maximum Gasteiger partial charge on any atom is 0.329 e. The van der Waals surface area contributed by atoms with Gasteiger partial charge in [0.15, 0.2) is 9.84 Å². The number of halogens is 3. The van der Waals surface area contributed by atoms with Gasteiger partial charge in [-0.1, -0.05) is 11.6 Å². The topological polar surface area (TPSA) is 115 Å². The zero-order valence-electron chi connectivity index (χ0n) is 13.4. The molecule has 1 heterocycles. The summed E-state index contributed by atoms with van der Waals surface area (Å²) in [5.74, 6) is -2.26. The number of aromatic nitrogens is 2. The van der Waals surface area contributed by atoms with Crippen LogP contribution in [0.5, 0.6) is 0 Å². The molecule has 1 atom stereocenters. The SMILES string of the molecule is C/N=C\C(c1nc(C)nc(Cl)c1[N+](=O)[O-])S(=O)(=O)c1cc(F)ccc1F. The molecular weight excluding hydrogens is 394 g/mol. The summed E-state index contributed by atoms with van der Waals surface area (Å²) < 4.78 is 53.2. The van der Waals surface area contributed by atoms with Crippen LogP contribution >= 0.6 is 11.6 Å². The van der Waals surface area contributed by atoms with E-state index in [2.05, 4.69) is 15.0 Å². The highest BCUT2D eigenvalue weighted by Gasteiger charge is 2.38. The van der Waals surface area contributed by atoms with Gasteiger partial charge in [0.05, 0.1) is 4.92 Å². The molecule has 8 nitrogen and oxygen atoms in total. The maximum absolute atomic E-state index is 14.0. The van der Waals surface area contributed by atoms with Gasteiger partial charge in [-0.3, -0.25) is 15.1 Å². The summed E-state index contributed by atoms with van der Waals surface area (Å²) in [4.78, 5) is 20.4. The summed E-state index contributed by atoms with van der Waals surface area (Å²) in [6.45, 7) is 1.34. The molecule has 26 heavy (non-hydrogen) atoms. The van der Waals surface area contributed by atoms with Gasteiger partial charge in [-0.2, -0.15) is 0 Å². The summed E-state index contributed by atoms with van der Waals surface area (Å²) in [5.41, 5.74) is -1.45. The number of hydrogen-bond acceptors (Lipinski definition) is 7. The molecule has 2 aromatic rings. The normalized spacial score (nSPS) is 13.1. The first-order valence-corrected chi connectivity index (χ1v) is 8.81. The van der Waals surface area contributed by atoms with Crippen molar-refractivity contribution in [2.75, 3.05) is 7.05 Å². The van der Waals surface area contributed by atoms with Crippen molar-refractivity contribution in [1.29, 1.82) is 0 Å². The van der Waals surface area contributed by atoms with E-state index in [4.69, 9.17) is 11.6 Å². The number of hydrogen-bond donors (Lipinski definition) is 0. The van der Waals surface area contributed by atoms with Crippen LogP contribution in [0.4, 0.5) is 14.5 Å². The average molecular weight is 405 g/mol. The number of benzene rings is 1. The minimum absolute atomic E-state index is 0.0417. The van der Waals surface area contributed by atoms with Crippen molar-refractivity contribution in [3.63, 3.8) is 0 Å². The number of sulfone groups is 1. The lowest BCUT2D eigenvalue weighted by Crippen LogP contribution is -2.20. The highest BCUT2D eigenvalue weighted by Crippen LogP contribution is 2.36. The third-order valence-electron chi connectivity index (χ3n) is 3.25. The highest BCUT2D eigenvalue weighted by atomic mass is 35.5. The van der Waals surface area contributed by atoms with Crippen LogP contribution in [0.15, 0.2) is 28.1 Å². The van der Waals surface area contributed by atoms with E-state index >= 15 is 0 Å². The predicted octanol–water partition coefficient (Wildman–Crippen LogP) is 2.84. The predicted molar refractivity (Wildman–Crippen MR) is 89.1 cm³/mol. The fraction of sp³-hybridized carbons (Fsp3) is 0.214. The summed E-state index contributed by atoms with van der Waals surface area (Å²) in [6, 6.07) is 1.85. The van der Waals surface area contributed by atoms with Gasteiger partial charge in [-0.15, -0.1) is 0 Å². The Balaban J connectivity index is 2.83. The molecule has 2 rings (SSSR count). The number of nitro groups is 1. The molecule has 1 unspecified atom stereocenters. The van der Waals surface area contributed by atoms with Crippen LogP contribution in [0.1, 0.15) is 16.8 Å². The van der Waals surface area contributed by atoms with E-state index < -0.39 is 53.1 Å². The molecule has 1 aromatic heterocycles. The molecule has 12 heteroatoms. The number of aliphatic imine (C=N–C) groups is 1. The highest BCUT2D eigenvalue weighted by molar-refractivity contribution is 7.92. The third-order valence-corrected chi connectivity index (χ3v) is 5.45. The van der Waals surface area contributed by atoms with Gasteiger partial charge in [0.2, 0.25) is 5.15 Å². The summed E-state index contributed by atoms with van der Waals surface area (Å²) in [7, 11) is -3.46. The Morgan fingerprint density at radius 2 is 2.00 bits per heavy atom. The first kappa shape index (κ1) is 19.8. The molecule has 1 aromatic carbocycles. The first-order valence-electron chi connectivity index (χ1n) is 6.89. The molecule has 0 radical (unpaired) electrons. The molecule has 138 valence electrons. The minimum Gasteiger partial charge on any atom is -0.299 e. The Labute approximate surface area is 151 Å². The molecule has 0 aliphatic heterocycles. The minimum atomic E-state index is -4.68. The lowest BCUT2D eigenvalue weighted by Gasteiger charge is -2.15. The van der Waals surface area contributed by atoms with Crippen LogP contribution in [0, 0.1) is 28.7 Å². The first-order chi connectivity index (χ1) is 12.1. The maximum atomic E-state index is 14.0. The van der Waals surface area contributed by atoms with E-state index in [0.29, 0.717) is 12.1 Å². The molecule has 0 N–H and O–H groups in total. The molecule has 0 amide bonds. The smallest absolute Gasteiger partial charge is 0.299 e. The van der Waals surface area contributed by atoms with Crippen LogP contribution in [0.25, 0.3) is 0 Å². The quantitative estimate of drug-likeness (QED) is 0.327. The third kappa shape index (κ3) is 3.68. The standard InChI is InChI=1S/C14H11ClF2N4O4S/c1-7-19-12(13(21(22)23)14(15)20-7)11(6-18-2)26(24,25)10-5-8(16)3-4-9(10)17/h3-6,11H,1-2H3/b18-6-. The van der Waals surface area contributed by atoms with Gasteiger partial charge in [-0.05, 0) is 25.1 Å². The lowest BCUT2D eigenvalue weighted by molar-refractivity contribution is -0.386. The van der Waals surface area contributed by atoms with Crippen LogP contribution < -0.4 is 0 Å². The van der Waals surface area contributed by atoms with Gasteiger partial charge in [-0.25, -0.2) is 27.2 Å². The van der Waals surface area contributed by atoms with E-state index in [0.717, 1.165) is 12.3 Å². The largest absolute Gasteiger partial charge is 0.329 e. The summed E-state index contributed by atoms with van der Waals surface area (Å²) in [6.07, 6.45) is 0.824. The van der Waals surface area contributed by atoms with Gasteiger partial charge >= 0.3 is 5.69 Å². The number of aryl methyl sites for hydroxylation is 1. The van der Waals surface area contributed by atoms with E-state index in [1.54, 1.807) is 0 Å². The fourth-order valence-electron chi connectivity index (χ4n) is 2.19. The van der Waals surface area contributed by atoms with Crippen LogP contribution in [-0.2, 0) is 9.84 Å². The van der Waals surface area contributed by atoms with Crippen molar-refractivity contribution in [3.8, 4) is 0 Å². The summed E-state index contributed by atoms with van der Waals surface area (Å²) >= 11 is 5.76. The number of rotatable bonds is 5. The molecule has 0 bridgehead atoms. The van der Waals surface area contributed by atoms with Gasteiger partial charge in [0.25, 0.3) is 0 Å². The second-order valence-corrected chi connectivity index (χ2v) is 7.40. The van der Waals surface area contributed by atoms with E-state index in [1.807, 2.05) is 0 Å². The lowest BCUT2D eigenvalue weighted by atomic mass is 10.2. The Hall–Kier alpha value is -2.53. The van der Waals surface area contributed by atoms with Gasteiger partial charge < -0.3 is 0 Å². The van der Waals surface area contributed by atoms with Crippen molar-refractivity contribution in [2.24, 2.45) is 4.99 Å². The molecule has 0 saturated heterocycles. The second kappa shape index (κ2) is 7.38. The zero-order valence-corrected chi connectivity index (χ0v) is 14.9. The molecule has 0 aliphatic carbocycles. The van der Waals surface area contributed by atoms with Gasteiger partial charge in [0, 0.05) is 13.3 Å². The van der Waals surface area contributed by atoms with Crippen molar-refractivity contribution in [2.45, 2.75) is 17.1 Å². The van der Waals surface area contributed by atoms with E-state index in [1.165, 1.54) is 14.0 Å². The second-order valence-electron chi connectivity index (χ2n) is 5.00. The zero-order chi connectivity index (χ0) is 19.6. The van der Waals surface area contributed by atoms with Crippen LogP contribution in [-0.4, -0.2) is 36.6 Å². The average Bonchev–Trinajstić information content (AvgIpc) is 2.53. The molecule has 0 aliphatic rings. The monoisotopic (exact) mass is 404 g/mol. The van der Waals surface area contributed by atoms with Crippen molar-refractivity contribution in [3.05, 3.63) is 56.6 Å². The fourth-order valence-corrected chi connectivity index (χ4v) is 4.10.